The molecule has 2 aliphatic rings. The van der Waals surface area contributed by atoms with E-state index in [1.54, 1.807) is 4.90 Å². The number of rotatable bonds is 5. The van der Waals surface area contributed by atoms with E-state index in [0.717, 1.165) is 43.0 Å². The van der Waals surface area contributed by atoms with Gasteiger partial charge in [0.2, 0.25) is 11.8 Å². The van der Waals surface area contributed by atoms with Crippen molar-refractivity contribution in [3.63, 3.8) is 0 Å². The molecule has 0 bridgehead atoms. The number of likely N-dealkylation sites (tertiary alicyclic amines) is 1. The van der Waals surface area contributed by atoms with E-state index >= 15 is 0 Å². The zero-order chi connectivity index (χ0) is 18.6. The molecule has 4 rings (SSSR count). The van der Waals surface area contributed by atoms with Crippen molar-refractivity contribution in [2.45, 2.75) is 38.4 Å². The highest BCUT2D eigenvalue weighted by atomic mass is 16.2. The topological polar surface area (TPSA) is 79.3 Å². The van der Waals surface area contributed by atoms with Gasteiger partial charge in [0, 0.05) is 32.0 Å². The number of aromatic nitrogens is 2. The van der Waals surface area contributed by atoms with E-state index < -0.39 is 0 Å². The van der Waals surface area contributed by atoms with E-state index in [-0.39, 0.29) is 24.3 Å². The van der Waals surface area contributed by atoms with Gasteiger partial charge < -0.3 is 15.5 Å². The SMILES string of the molecule is O=C(CN1CC(c2ccccc2)CC1=O)NCc1cc2n(n1)CCCNC2. The summed E-state index contributed by atoms with van der Waals surface area (Å²) in [5.74, 6) is 0.0694. The average molecular weight is 367 g/mol. The zero-order valence-electron chi connectivity index (χ0n) is 15.4. The lowest BCUT2D eigenvalue weighted by Gasteiger charge is -2.16. The van der Waals surface area contributed by atoms with Crippen molar-refractivity contribution in [1.82, 2.24) is 25.3 Å². The molecule has 142 valence electrons. The molecule has 1 atom stereocenters. The van der Waals surface area contributed by atoms with Crippen molar-refractivity contribution in [2.24, 2.45) is 0 Å². The number of nitrogens with one attached hydrogen (secondary N) is 2. The summed E-state index contributed by atoms with van der Waals surface area (Å²) in [5.41, 5.74) is 3.16. The Morgan fingerprint density at radius 3 is 3.00 bits per heavy atom. The van der Waals surface area contributed by atoms with E-state index in [1.165, 1.54) is 0 Å². The molecule has 7 heteroatoms. The summed E-state index contributed by atoms with van der Waals surface area (Å²) in [4.78, 5) is 26.2. The monoisotopic (exact) mass is 367 g/mol. The number of carbonyl (C=O) groups excluding carboxylic acids is 2. The number of aryl methyl sites for hydroxylation is 1. The van der Waals surface area contributed by atoms with Crippen LogP contribution in [0.3, 0.4) is 0 Å². The largest absolute Gasteiger partial charge is 0.349 e. The lowest BCUT2D eigenvalue weighted by molar-refractivity contribution is -0.133. The Bertz CT molecular complexity index is 794. The van der Waals surface area contributed by atoms with Crippen LogP contribution in [0, 0.1) is 0 Å². The molecule has 0 spiro atoms. The minimum Gasteiger partial charge on any atom is -0.349 e. The molecule has 0 aliphatic carbocycles. The van der Waals surface area contributed by atoms with Crippen LogP contribution < -0.4 is 10.6 Å². The molecule has 0 saturated carbocycles. The Hall–Kier alpha value is -2.67. The van der Waals surface area contributed by atoms with Crippen molar-refractivity contribution in [3.8, 4) is 0 Å². The van der Waals surface area contributed by atoms with Crippen molar-refractivity contribution in [2.75, 3.05) is 19.6 Å². The van der Waals surface area contributed by atoms with E-state index in [0.29, 0.717) is 19.5 Å². The predicted molar refractivity (Wildman–Crippen MR) is 101 cm³/mol. The second-order valence-electron chi connectivity index (χ2n) is 7.24. The Kier molecular flexibility index (Phi) is 5.20. The molecule has 7 nitrogen and oxygen atoms in total. The second kappa shape index (κ2) is 7.92. The van der Waals surface area contributed by atoms with Crippen molar-refractivity contribution in [3.05, 3.63) is 53.3 Å². The maximum atomic E-state index is 12.3. The minimum atomic E-state index is -0.140. The van der Waals surface area contributed by atoms with Gasteiger partial charge in [0.25, 0.3) is 0 Å². The quantitative estimate of drug-likeness (QED) is 0.827. The van der Waals surface area contributed by atoms with Crippen LogP contribution in [-0.4, -0.2) is 46.1 Å². The highest BCUT2D eigenvalue weighted by Crippen LogP contribution is 2.27. The van der Waals surface area contributed by atoms with Gasteiger partial charge in [-0.05, 0) is 24.6 Å². The van der Waals surface area contributed by atoms with Crippen LogP contribution in [0.4, 0.5) is 0 Å². The third kappa shape index (κ3) is 4.19. The summed E-state index contributed by atoms with van der Waals surface area (Å²) in [6.45, 7) is 3.81. The third-order valence-electron chi connectivity index (χ3n) is 5.23. The first-order valence-corrected chi connectivity index (χ1v) is 9.55. The molecule has 0 radical (unpaired) electrons. The molecule has 2 amide bonds. The van der Waals surface area contributed by atoms with Crippen LogP contribution in [0.25, 0.3) is 0 Å². The number of hydrogen-bond acceptors (Lipinski definition) is 4. The number of nitrogens with zero attached hydrogens (tertiary/aromatic N) is 3. The van der Waals surface area contributed by atoms with Crippen LogP contribution in [0.15, 0.2) is 36.4 Å². The molecule has 1 unspecified atom stereocenters. The standard InChI is InChI=1S/C20H25N5O2/c26-19(22-11-17-10-18-12-21-7-4-8-25(18)23-17)14-24-13-16(9-20(24)27)15-5-2-1-3-6-15/h1-3,5-6,10,16,21H,4,7-9,11-14H2,(H,22,26). The van der Waals surface area contributed by atoms with E-state index in [1.807, 2.05) is 41.1 Å². The Morgan fingerprint density at radius 1 is 1.30 bits per heavy atom. The number of carbonyl (C=O) groups is 2. The fourth-order valence-corrected chi connectivity index (χ4v) is 3.80. The smallest absolute Gasteiger partial charge is 0.239 e. The molecule has 1 aromatic carbocycles. The first-order chi connectivity index (χ1) is 13.2. The van der Waals surface area contributed by atoms with Crippen LogP contribution in [-0.2, 0) is 29.2 Å². The Morgan fingerprint density at radius 2 is 2.15 bits per heavy atom. The molecule has 1 fully saturated rings. The van der Waals surface area contributed by atoms with Gasteiger partial charge in [-0.2, -0.15) is 5.10 Å². The lowest BCUT2D eigenvalue weighted by atomic mass is 9.99. The molecule has 2 aliphatic heterocycles. The maximum absolute atomic E-state index is 12.3. The number of benzene rings is 1. The fourth-order valence-electron chi connectivity index (χ4n) is 3.80. The van der Waals surface area contributed by atoms with Gasteiger partial charge in [0.15, 0.2) is 0 Å². The highest BCUT2D eigenvalue weighted by molar-refractivity contribution is 5.86. The van der Waals surface area contributed by atoms with Gasteiger partial charge in [-0.1, -0.05) is 30.3 Å². The summed E-state index contributed by atoms with van der Waals surface area (Å²) in [5, 5.41) is 10.8. The van der Waals surface area contributed by atoms with E-state index in [9.17, 15) is 9.59 Å². The van der Waals surface area contributed by atoms with Crippen LogP contribution in [0.1, 0.15) is 35.7 Å². The van der Waals surface area contributed by atoms with Gasteiger partial charge in [-0.3, -0.25) is 14.3 Å². The number of fused-ring (bicyclic) bond motifs is 1. The lowest BCUT2D eigenvalue weighted by Crippen LogP contribution is -2.37. The zero-order valence-corrected chi connectivity index (χ0v) is 15.4. The molecule has 2 N–H and O–H groups in total. The predicted octanol–water partition coefficient (Wildman–Crippen LogP) is 1.01. The van der Waals surface area contributed by atoms with E-state index in [4.69, 9.17) is 0 Å². The van der Waals surface area contributed by atoms with Crippen LogP contribution >= 0.6 is 0 Å². The summed E-state index contributed by atoms with van der Waals surface area (Å²) in [6.07, 6.45) is 1.53. The summed E-state index contributed by atoms with van der Waals surface area (Å²) in [7, 11) is 0. The van der Waals surface area contributed by atoms with Crippen molar-refractivity contribution < 1.29 is 9.59 Å². The minimum absolute atomic E-state index is 0.0405. The van der Waals surface area contributed by atoms with Gasteiger partial charge in [0.1, 0.15) is 0 Å². The van der Waals surface area contributed by atoms with Crippen molar-refractivity contribution in [1.29, 1.82) is 0 Å². The number of amides is 2. The summed E-state index contributed by atoms with van der Waals surface area (Å²) >= 11 is 0. The average Bonchev–Trinajstić information content (AvgIpc) is 3.17. The molecule has 1 aromatic heterocycles. The molecule has 2 aromatic rings. The van der Waals surface area contributed by atoms with E-state index in [2.05, 4.69) is 15.7 Å². The highest BCUT2D eigenvalue weighted by Gasteiger charge is 2.31. The maximum Gasteiger partial charge on any atom is 0.239 e. The van der Waals surface area contributed by atoms with Gasteiger partial charge in [-0.15, -0.1) is 0 Å². The summed E-state index contributed by atoms with van der Waals surface area (Å²) < 4.78 is 2.01. The van der Waals surface area contributed by atoms with Crippen LogP contribution in [0.5, 0.6) is 0 Å². The van der Waals surface area contributed by atoms with Crippen LogP contribution in [0.2, 0.25) is 0 Å². The Balaban J connectivity index is 1.29. The number of hydrogen-bond donors (Lipinski definition) is 2. The summed E-state index contributed by atoms with van der Waals surface area (Å²) in [6, 6.07) is 12.1. The molecular weight excluding hydrogens is 342 g/mol. The first-order valence-electron chi connectivity index (χ1n) is 9.55. The molecule has 1 saturated heterocycles. The van der Waals surface area contributed by atoms with Gasteiger partial charge >= 0.3 is 0 Å². The Labute approximate surface area is 158 Å². The third-order valence-corrected chi connectivity index (χ3v) is 5.23. The molecule has 27 heavy (non-hydrogen) atoms. The van der Waals surface area contributed by atoms with Gasteiger partial charge in [-0.25, -0.2) is 0 Å². The fraction of sp³-hybridized carbons (Fsp3) is 0.450. The van der Waals surface area contributed by atoms with Gasteiger partial charge in [0.05, 0.1) is 24.5 Å². The first kappa shape index (κ1) is 17.7. The second-order valence-corrected chi connectivity index (χ2v) is 7.24. The molecular formula is C20H25N5O2. The normalized spacial score (nSPS) is 19.6. The van der Waals surface area contributed by atoms with Crippen molar-refractivity contribution >= 4 is 11.8 Å². The molecule has 3 heterocycles.